The molecule has 3 rings (SSSR count). The molecule has 0 aromatic heterocycles. The molecule has 0 spiro atoms. The van der Waals surface area contributed by atoms with Gasteiger partial charge in [-0.15, -0.1) is 0 Å². The molecule has 1 aromatic rings. The molecule has 2 atom stereocenters. The molecule has 0 radical (unpaired) electrons. The summed E-state index contributed by atoms with van der Waals surface area (Å²) in [5.41, 5.74) is 1.22. The topological polar surface area (TPSA) is 41.9 Å². The zero-order valence-electron chi connectivity index (χ0n) is 13.2. The molecule has 2 fully saturated rings. The highest BCUT2D eigenvalue weighted by Gasteiger charge is 2.31. The number of aliphatic hydroxyl groups excluding tert-OH is 1. The van der Waals surface area contributed by atoms with E-state index in [2.05, 4.69) is 29.2 Å². The van der Waals surface area contributed by atoms with Crippen molar-refractivity contribution in [1.29, 1.82) is 0 Å². The van der Waals surface area contributed by atoms with Gasteiger partial charge < -0.3 is 14.6 Å². The number of nitrogens with zero attached hydrogens (tertiary/aromatic N) is 1. The van der Waals surface area contributed by atoms with Crippen molar-refractivity contribution in [3.63, 3.8) is 0 Å². The van der Waals surface area contributed by atoms with Gasteiger partial charge in [0.05, 0.1) is 25.9 Å². The second-order valence-corrected chi connectivity index (χ2v) is 6.24. The number of likely N-dealkylation sites (tertiary alicyclic amines) is 1. The van der Waals surface area contributed by atoms with Gasteiger partial charge in [-0.2, -0.15) is 0 Å². The molecule has 2 aliphatic rings. The van der Waals surface area contributed by atoms with Crippen LogP contribution in [-0.4, -0.2) is 48.7 Å². The lowest BCUT2D eigenvalue weighted by atomic mass is 10.0. The first-order valence-electron chi connectivity index (χ1n) is 8.53. The third-order valence-corrected chi connectivity index (χ3v) is 4.85. The molecule has 22 heavy (non-hydrogen) atoms. The van der Waals surface area contributed by atoms with Crippen molar-refractivity contribution in [2.24, 2.45) is 0 Å². The lowest BCUT2D eigenvalue weighted by Crippen LogP contribution is -2.35. The van der Waals surface area contributed by atoms with Crippen LogP contribution in [0.5, 0.6) is 0 Å². The van der Waals surface area contributed by atoms with E-state index in [1.165, 1.54) is 18.4 Å². The summed E-state index contributed by atoms with van der Waals surface area (Å²) in [6, 6.07) is 11.1. The first-order chi connectivity index (χ1) is 10.9. The van der Waals surface area contributed by atoms with Gasteiger partial charge in [0.1, 0.15) is 0 Å². The number of ether oxygens (including phenoxy) is 2. The van der Waals surface area contributed by atoms with Crippen LogP contribution < -0.4 is 0 Å². The van der Waals surface area contributed by atoms with Crippen molar-refractivity contribution in [3.8, 4) is 0 Å². The maximum absolute atomic E-state index is 9.87. The summed E-state index contributed by atoms with van der Waals surface area (Å²) in [5, 5.41) is 9.87. The van der Waals surface area contributed by atoms with Crippen molar-refractivity contribution in [2.45, 2.75) is 50.5 Å². The molecule has 1 N–H and O–H groups in total. The lowest BCUT2D eigenvalue weighted by molar-refractivity contribution is -0.0489. The van der Waals surface area contributed by atoms with E-state index in [0.717, 1.165) is 39.0 Å². The van der Waals surface area contributed by atoms with Crippen molar-refractivity contribution in [2.75, 3.05) is 26.4 Å². The first kappa shape index (κ1) is 15.9. The standard InChI is InChI=1S/C18H27NO3/c20-14-17(15-6-2-1-3-7-15)19-11-5-9-16(19)8-4-10-18-21-12-13-22-18/h1-3,6-7,16-18,20H,4-5,8-14H2/t16-,17+/m1/s1. The van der Waals surface area contributed by atoms with Crippen LogP contribution in [0.3, 0.4) is 0 Å². The van der Waals surface area contributed by atoms with Crippen LogP contribution in [0.2, 0.25) is 0 Å². The van der Waals surface area contributed by atoms with Crippen LogP contribution in [0.15, 0.2) is 30.3 Å². The van der Waals surface area contributed by atoms with Crippen molar-refractivity contribution in [1.82, 2.24) is 4.90 Å². The number of benzene rings is 1. The zero-order valence-corrected chi connectivity index (χ0v) is 13.2. The molecule has 0 aliphatic carbocycles. The molecule has 2 heterocycles. The maximum atomic E-state index is 9.87. The normalized spacial score (nSPS) is 24.9. The van der Waals surface area contributed by atoms with E-state index in [9.17, 15) is 5.11 Å². The minimum Gasteiger partial charge on any atom is -0.394 e. The predicted octanol–water partition coefficient (Wildman–Crippen LogP) is 2.73. The summed E-state index contributed by atoms with van der Waals surface area (Å²) in [4.78, 5) is 2.49. The molecule has 4 heteroatoms. The number of aliphatic hydroxyl groups is 1. The molecule has 122 valence electrons. The van der Waals surface area contributed by atoms with Gasteiger partial charge in [0.2, 0.25) is 0 Å². The summed E-state index contributed by atoms with van der Waals surface area (Å²) in [7, 11) is 0. The summed E-state index contributed by atoms with van der Waals surface area (Å²) >= 11 is 0. The highest BCUT2D eigenvalue weighted by atomic mass is 16.7. The third-order valence-electron chi connectivity index (χ3n) is 4.85. The van der Waals surface area contributed by atoms with Crippen LogP contribution in [0, 0.1) is 0 Å². The Morgan fingerprint density at radius 2 is 1.91 bits per heavy atom. The second-order valence-electron chi connectivity index (χ2n) is 6.24. The molecule has 4 nitrogen and oxygen atoms in total. The van der Waals surface area contributed by atoms with E-state index in [1.807, 2.05) is 6.07 Å². The van der Waals surface area contributed by atoms with Gasteiger partial charge in [-0.05, 0) is 44.2 Å². The summed E-state index contributed by atoms with van der Waals surface area (Å²) in [6.07, 6.45) is 5.74. The third kappa shape index (κ3) is 3.87. The van der Waals surface area contributed by atoms with Gasteiger partial charge in [0, 0.05) is 6.04 Å². The highest BCUT2D eigenvalue weighted by Crippen LogP contribution is 2.31. The smallest absolute Gasteiger partial charge is 0.157 e. The van der Waals surface area contributed by atoms with Crippen molar-refractivity contribution in [3.05, 3.63) is 35.9 Å². The van der Waals surface area contributed by atoms with Gasteiger partial charge in [-0.3, -0.25) is 4.90 Å². The Kier molecular flexibility index (Phi) is 5.84. The average Bonchev–Trinajstić information content (AvgIpc) is 3.22. The van der Waals surface area contributed by atoms with Crippen molar-refractivity contribution < 1.29 is 14.6 Å². The Bertz CT molecular complexity index is 433. The van der Waals surface area contributed by atoms with Gasteiger partial charge >= 0.3 is 0 Å². The SMILES string of the molecule is OC[C@@H](c1ccccc1)N1CCC[C@H]1CCCC1OCCO1. The van der Waals surface area contributed by atoms with Crippen LogP contribution in [-0.2, 0) is 9.47 Å². The summed E-state index contributed by atoms with van der Waals surface area (Å²) in [5.74, 6) is 0. The van der Waals surface area contributed by atoms with E-state index in [1.54, 1.807) is 0 Å². The molecule has 0 saturated carbocycles. The maximum Gasteiger partial charge on any atom is 0.157 e. The molecule has 1 aromatic carbocycles. The Labute approximate surface area is 133 Å². The fraction of sp³-hybridized carbons (Fsp3) is 0.667. The number of hydrogen-bond donors (Lipinski definition) is 1. The summed E-state index contributed by atoms with van der Waals surface area (Å²) in [6.45, 7) is 2.75. The zero-order chi connectivity index (χ0) is 15.2. The minimum atomic E-state index is 0.0117. The molecular formula is C18H27NO3. The second kappa shape index (κ2) is 8.06. The minimum absolute atomic E-state index is 0.0117. The Hall–Kier alpha value is -0.940. The van der Waals surface area contributed by atoms with E-state index in [4.69, 9.17) is 9.47 Å². The lowest BCUT2D eigenvalue weighted by Gasteiger charge is -2.32. The molecule has 2 aliphatic heterocycles. The quantitative estimate of drug-likeness (QED) is 0.841. The molecular weight excluding hydrogens is 278 g/mol. The fourth-order valence-electron chi connectivity index (χ4n) is 3.75. The predicted molar refractivity (Wildman–Crippen MR) is 85.5 cm³/mol. The summed E-state index contributed by atoms with van der Waals surface area (Å²) < 4.78 is 11.0. The molecule has 0 amide bonds. The molecule has 0 bridgehead atoms. The van der Waals surface area contributed by atoms with E-state index in [-0.39, 0.29) is 18.9 Å². The van der Waals surface area contributed by atoms with Gasteiger partial charge in [-0.25, -0.2) is 0 Å². The monoisotopic (exact) mass is 305 g/mol. The Morgan fingerprint density at radius 1 is 1.14 bits per heavy atom. The van der Waals surface area contributed by atoms with Gasteiger partial charge in [0.15, 0.2) is 6.29 Å². The van der Waals surface area contributed by atoms with Crippen LogP contribution in [0.25, 0.3) is 0 Å². The van der Waals surface area contributed by atoms with Crippen LogP contribution in [0.4, 0.5) is 0 Å². The Morgan fingerprint density at radius 3 is 2.64 bits per heavy atom. The largest absolute Gasteiger partial charge is 0.394 e. The highest BCUT2D eigenvalue weighted by molar-refractivity contribution is 5.19. The van der Waals surface area contributed by atoms with E-state index in [0.29, 0.717) is 6.04 Å². The molecule has 2 saturated heterocycles. The number of rotatable bonds is 7. The van der Waals surface area contributed by atoms with E-state index >= 15 is 0 Å². The van der Waals surface area contributed by atoms with Crippen LogP contribution >= 0.6 is 0 Å². The van der Waals surface area contributed by atoms with Gasteiger partial charge in [0.25, 0.3) is 0 Å². The van der Waals surface area contributed by atoms with Crippen molar-refractivity contribution >= 4 is 0 Å². The van der Waals surface area contributed by atoms with Gasteiger partial charge in [-0.1, -0.05) is 30.3 Å². The number of hydrogen-bond acceptors (Lipinski definition) is 4. The Balaban J connectivity index is 1.54. The van der Waals surface area contributed by atoms with E-state index < -0.39 is 0 Å². The first-order valence-corrected chi connectivity index (χ1v) is 8.53. The fourth-order valence-corrected chi connectivity index (χ4v) is 3.75. The average molecular weight is 305 g/mol. The molecule has 0 unspecified atom stereocenters. The van der Waals surface area contributed by atoms with Crippen LogP contribution in [0.1, 0.15) is 43.7 Å².